The Hall–Kier alpha value is -2.34. The molecule has 4 rings (SSSR count). The molecule has 3 heterocycles. The van der Waals surface area contributed by atoms with E-state index < -0.39 is 0 Å². The quantitative estimate of drug-likeness (QED) is 0.844. The first kappa shape index (κ1) is 17.1. The van der Waals surface area contributed by atoms with Crippen LogP contribution in [0.2, 0.25) is 0 Å². The second-order valence-corrected chi connectivity index (χ2v) is 7.41. The number of carbonyl (C=O) groups excluding carboxylic acids is 1. The van der Waals surface area contributed by atoms with Crippen LogP contribution < -0.4 is 4.90 Å². The van der Waals surface area contributed by atoms with E-state index in [9.17, 15) is 4.79 Å². The van der Waals surface area contributed by atoms with Crippen LogP contribution in [0, 0.1) is 0 Å². The number of amides is 1. The summed E-state index contributed by atoms with van der Waals surface area (Å²) < 4.78 is 8.10. The molecule has 2 aromatic rings. The van der Waals surface area contributed by atoms with E-state index in [1.807, 2.05) is 21.7 Å². The molecule has 6 nitrogen and oxygen atoms in total. The summed E-state index contributed by atoms with van der Waals surface area (Å²) in [4.78, 5) is 20.7. The van der Waals surface area contributed by atoms with Crippen molar-refractivity contribution in [3.8, 4) is 0 Å². The summed E-state index contributed by atoms with van der Waals surface area (Å²) >= 11 is 0. The molecule has 1 unspecified atom stereocenters. The van der Waals surface area contributed by atoms with Gasteiger partial charge in [-0.1, -0.05) is 18.2 Å². The molecule has 1 aromatic heterocycles. The molecule has 1 aromatic carbocycles. The lowest BCUT2D eigenvalue weighted by atomic mass is 9.87. The fourth-order valence-corrected chi connectivity index (χ4v) is 4.09. The highest BCUT2D eigenvalue weighted by molar-refractivity contribution is 5.76. The number of piperidine rings is 1. The van der Waals surface area contributed by atoms with Crippen LogP contribution in [0.1, 0.15) is 19.3 Å². The van der Waals surface area contributed by atoms with Gasteiger partial charge in [0.15, 0.2) is 0 Å². The zero-order valence-electron chi connectivity index (χ0n) is 15.3. The van der Waals surface area contributed by atoms with E-state index in [-0.39, 0.29) is 11.5 Å². The van der Waals surface area contributed by atoms with Gasteiger partial charge in [-0.05, 0) is 31.4 Å². The number of ether oxygens (including phenoxy) is 1. The molecule has 2 aliphatic rings. The van der Waals surface area contributed by atoms with Gasteiger partial charge in [0.25, 0.3) is 0 Å². The fraction of sp³-hybridized carbons (Fsp3) is 0.500. The van der Waals surface area contributed by atoms with Gasteiger partial charge in [0.2, 0.25) is 5.91 Å². The topological polar surface area (TPSA) is 50.6 Å². The zero-order chi connectivity index (χ0) is 18.0. The number of carbonyl (C=O) groups is 1. The molecule has 0 saturated carbocycles. The third kappa shape index (κ3) is 3.46. The Kier molecular flexibility index (Phi) is 4.68. The minimum Gasteiger partial charge on any atom is -0.373 e. The van der Waals surface area contributed by atoms with Crippen LogP contribution in [0.4, 0.5) is 5.69 Å². The Bertz CT molecular complexity index is 724. The molecule has 1 atom stereocenters. The first-order valence-electron chi connectivity index (χ1n) is 9.31. The molecule has 138 valence electrons. The third-order valence-corrected chi connectivity index (χ3v) is 5.81. The predicted octanol–water partition coefficient (Wildman–Crippen LogP) is 2.17. The maximum atomic E-state index is 12.5. The Labute approximate surface area is 154 Å². The predicted molar refractivity (Wildman–Crippen MR) is 100.0 cm³/mol. The number of para-hydroxylation sites is 1. The average Bonchev–Trinajstić information content (AvgIpc) is 3.33. The number of hydrogen-bond donors (Lipinski definition) is 0. The molecule has 2 fully saturated rings. The molecule has 0 radical (unpaired) electrons. The van der Waals surface area contributed by atoms with E-state index >= 15 is 0 Å². The van der Waals surface area contributed by atoms with E-state index in [2.05, 4.69) is 41.2 Å². The summed E-state index contributed by atoms with van der Waals surface area (Å²) in [5.41, 5.74) is 1.16. The second-order valence-electron chi connectivity index (χ2n) is 7.41. The molecule has 2 aliphatic heterocycles. The van der Waals surface area contributed by atoms with Crippen molar-refractivity contribution >= 4 is 11.6 Å². The molecule has 6 heteroatoms. The van der Waals surface area contributed by atoms with E-state index in [4.69, 9.17) is 4.74 Å². The highest BCUT2D eigenvalue weighted by Crippen LogP contribution is 2.38. The van der Waals surface area contributed by atoms with Gasteiger partial charge >= 0.3 is 0 Å². The van der Waals surface area contributed by atoms with Gasteiger partial charge in [0.1, 0.15) is 6.54 Å². The smallest absolute Gasteiger partial charge is 0.242 e. The van der Waals surface area contributed by atoms with Crippen molar-refractivity contribution in [3.63, 3.8) is 0 Å². The summed E-state index contributed by atoms with van der Waals surface area (Å²) in [6, 6.07) is 10.9. The van der Waals surface area contributed by atoms with Gasteiger partial charge in [0, 0.05) is 38.2 Å². The summed E-state index contributed by atoms with van der Waals surface area (Å²) in [7, 11) is 2.14. The SMILES string of the molecule is CN(c1ccccc1)C1COC2(CCN(C(=O)Cn3ccnc3)CC2)C1. The fourth-order valence-electron chi connectivity index (χ4n) is 4.09. The number of rotatable bonds is 4. The van der Waals surface area contributed by atoms with Gasteiger partial charge < -0.3 is 19.1 Å². The summed E-state index contributed by atoms with van der Waals surface area (Å²) in [5.74, 6) is 0.161. The van der Waals surface area contributed by atoms with Crippen LogP contribution in [0.15, 0.2) is 49.1 Å². The van der Waals surface area contributed by atoms with Gasteiger partial charge in [0.05, 0.1) is 24.6 Å². The standard InChI is InChI=1S/C20H26N4O2/c1-22(17-5-3-2-4-6-17)18-13-20(26-15-18)7-10-24(11-8-20)19(25)14-23-12-9-21-16-23/h2-6,9,12,16,18H,7-8,10-11,13-15H2,1H3. The van der Waals surface area contributed by atoms with Crippen LogP contribution in [-0.4, -0.2) is 58.7 Å². The lowest BCUT2D eigenvalue weighted by Crippen LogP contribution is -2.47. The Morgan fingerprint density at radius 2 is 2.08 bits per heavy atom. The summed E-state index contributed by atoms with van der Waals surface area (Å²) in [6.45, 7) is 2.67. The van der Waals surface area contributed by atoms with Gasteiger partial charge in [-0.25, -0.2) is 4.98 Å². The van der Waals surface area contributed by atoms with Gasteiger partial charge in [-0.15, -0.1) is 0 Å². The maximum Gasteiger partial charge on any atom is 0.242 e. The number of imidazole rings is 1. The molecule has 26 heavy (non-hydrogen) atoms. The van der Waals surface area contributed by atoms with Crippen molar-refractivity contribution in [2.75, 3.05) is 31.6 Å². The van der Waals surface area contributed by atoms with E-state index in [0.717, 1.165) is 39.0 Å². The zero-order valence-corrected chi connectivity index (χ0v) is 15.3. The first-order valence-corrected chi connectivity index (χ1v) is 9.31. The lowest BCUT2D eigenvalue weighted by Gasteiger charge is -2.39. The lowest BCUT2D eigenvalue weighted by molar-refractivity contribution is -0.136. The number of benzene rings is 1. The van der Waals surface area contributed by atoms with Crippen molar-refractivity contribution in [1.29, 1.82) is 0 Å². The van der Waals surface area contributed by atoms with Gasteiger partial charge in [-0.2, -0.15) is 0 Å². The van der Waals surface area contributed by atoms with Crippen molar-refractivity contribution in [2.45, 2.75) is 37.5 Å². The Balaban J connectivity index is 1.32. The van der Waals surface area contributed by atoms with E-state index in [1.165, 1.54) is 5.69 Å². The molecule has 2 saturated heterocycles. The molecular weight excluding hydrogens is 328 g/mol. The van der Waals surface area contributed by atoms with Crippen molar-refractivity contribution < 1.29 is 9.53 Å². The maximum absolute atomic E-state index is 12.5. The van der Waals surface area contributed by atoms with E-state index in [1.54, 1.807) is 12.5 Å². The average molecular weight is 354 g/mol. The Morgan fingerprint density at radius 3 is 2.77 bits per heavy atom. The minimum absolute atomic E-state index is 0.0699. The summed E-state index contributed by atoms with van der Waals surface area (Å²) in [5, 5.41) is 0. The third-order valence-electron chi connectivity index (χ3n) is 5.81. The van der Waals surface area contributed by atoms with Crippen molar-refractivity contribution in [2.24, 2.45) is 0 Å². The molecule has 0 aliphatic carbocycles. The number of hydrogen-bond acceptors (Lipinski definition) is 4. The van der Waals surface area contributed by atoms with Crippen molar-refractivity contribution in [1.82, 2.24) is 14.5 Å². The normalized spacial score (nSPS) is 21.9. The number of likely N-dealkylation sites (tertiary alicyclic amines) is 1. The number of aromatic nitrogens is 2. The van der Waals surface area contributed by atoms with E-state index in [0.29, 0.717) is 12.6 Å². The molecule has 0 bridgehead atoms. The highest BCUT2D eigenvalue weighted by atomic mass is 16.5. The van der Waals surface area contributed by atoms with Crippen LogP contribution in [-0.2, 0) is 16.1 Å². The first-order chi connectivity index (χ1) is 12.7. The largest absolute Gasteiger partial charge is 0.373 e. The Morgan fingerprint density at radius 1 is 1.31 bits per heavy atom. The molecule has 1 amide bonds. The van der Waals surface area contributed by atoms with Gasteiger partial charge in [-0.3, -0.25) is 4.79 Å². The summed E-state index contributed by atoms with van der Waals surface area (Å²) in [6.07, 6.45) is 8.08. The minimum atomic E-state index is -0.0699. The van der Waals surface area contributed by atoms with Crippen LogP contribution in [0.3, 0.4) is 0 Å². The highest BCUT2D eigenvalue weighted by Gasteiger charge is 2.44. The number of nitrogens with zero attached hydrogens (tertiary/aromatic N) is 4. The monoisotopic (exact) mass is 354 g/mol. The molecule has 0 N–H and O–H groups in total. The number of anilines is 1. The van der Waals surface area contributed by atoms with Crippen molar-refractivity contribution in [3.05, 3.63) is 49.1 Å². The van der Waals surface area contributed by atoms with Crippen LogP contribution >= 0.6 is 0 Å². The number of likely N-dealkylation sites (N-methyl/N-ethyl adjacent to an activating group) is 1. The molecular formula is C20H26N4O2. The molecule has 1 spiro atoms. The van der Waals surface area contributed by atoms with Crippen LogP contribution in [0.25, 0.3) is 0 Å². The van der Waals surface area contributed by atoms with Crippen LogP contribution in [0.5, 0.6) is 0 Å². The second kappa shape index (κ2) is 7.11.